The van der Waals surface area contributed by atoms with Crippen LogP contribution in [0.2, 0.25) is 0 Å². The van der Waals surface area contributed by atoms with Gasteiger partial charge in [0.05, 0.1) is 23.7 Å². The van der Waals surface area contributed by atoms with E-state index in [0.717, 1.165) is 24.9 Å². The Kier molecular flexibility index (Phi) is 5.81. The largest absolute Gasteiger partial charge is 0.507 e. The lowest BCUT2D eigenvalue weighted by Crippen LogP contribution is -2.39. The van der Waals surface area contributed by atoms with Gasteiger partial charge >= 0.3 is 5.97 Å². The average molecular weight is 408 g/mol. The van der Waals surface area contributed by atoms with E-state index < -0.39 is 0 Å². The number of Topliss-reactive ketones (excluding diaryl/α,β-unsaturated/α-hetero) is 1. The summed E-state index contributed by atoms with van der Waals surface area (Å²) in [4.78, 5) is 31.1. The third kappa shape index (κ3) is 4.07. The van der Waals surface area contributed by atoms with Gasteiger partial charge in [0.25, 0.3) is 0 Å². The molecule has 0 spiro atoms. The zero-order valence-electron chi connectivity index (χ0n) is 16.8. The minimum atomic E-state index is -0.224. The molecular formula is C23H24N2O5. The zero-order chi connectivity index (χ0) is 21.1. The zero-order valence-corrected chi connectivity index (χ0v) is 16.8. The first kappa shape index (κ1) is 20.1. The molecule has 2 aliphatic rings. The summed E-state index contributed by atoms with van der Waals surface area (Å²) < 4.78 is 11.1. The molecule has 3 heterocycles. The molecule has 1 N–H and O–H groups in total. The Morgan fingerprint density at radius 3 is 3.03 bits per heavy atom. The number of phenolic OH excluding ortho intramolecular Hbond substituents is 1. The maximum absolute atomic E-state index is 12.8. The number of phenols is 1. The van der Waals surface area contributed by atoms with Crippen LogP contribution in [0.1, 0.15) is 41.3 Å². The number of pyridine rings is 1. The van der Waals surface area contributed by atoms with E-state index in [2.05, 4.69) is 9.88 Å². The van der Waals surface area contributed by atoms with Gasteiger partial charge in [-0.2, -0.15) is 0 Å². The van der Waals surface area contributed by atoms with Crippen molar-refractivity contribution in [3.05, 3.63) is 59.1 Å². The van der Waals surface area contributed by atoms with Crippen molar-refractivity contribution in [3.63, 3.8) is 0 Å². The van der Waals surface area contributed by atoms with Gasteiger partial charge in [0.15, 0.2) is 5.76 Å². The van der Waals surface area contributed by atoms with Crippen LogP contribution in [-0.4, -0.2) is 46.4 Å². The van der Waals surface area contributed by atoms with Crippen LogP contribution in [-0.2, 0) is 16.1 Å². The lowest BCUT2D eigenvalue weighted by atomic mass is 9.97. The van der Waals surface area contributed by atoms with Crippen LogP contribution >= 0.6 is 0 Å². The molecule has 30 heavy (non-hydrogen) atoms. The number of aromatic nitrogens is 1. The van der Waals surface area contributed by atoms with Crippen LogP contribution in [0, 0.1) is 5.92 Å². The van der Waals surface area contributed by atoms with Crippen LogP contribution in [0.5, 0.6) is 11.5 Å². The Bertz CT molecular complexity index is 987. The second-order valence-electron chi connectivity index (χ2n) is 7.49. The summed E-state index contributed by atoms with van der Waals surface area (Å²) >= 11 is 0. The van der Waals surface area contributed by atoms with Crippen molar-refractivity contribution in [2.45, 2.75) is 26.3 Å². The van der Waals surface area contributed by atoms with E-state index >= 15 is 0 Å². The third-order valence-corrected chi connectivity index (χ3v) is 5.41. The SMILES string of the molecule is CCOC(=O)C1CCCN(Cc2c(O)ccc3c2O/C(=C\c2cccnc2)C3=O)C1. The monoisotopic (exact) mass is 408 g/mol. The van der Waals surface area contributed by atoms with Crippen molar-refractivity contribution >= 4 is 17.8 Å². The van der Waals surface area contributed by atoms with Crippen LogP contribution in [0.4, 0.5) is 0 Å². The summed E-state index contributed by atoms with van der Waals surface area (Å²) in [5.41, 5.74) is 1.74. The van der Waals surface area contributed by atoms with Crippen molar-refractivity contribution in [3.8, 4) is 11.5 Å². The summed E-state index contributed by atoms with van der Waals surface area (Å²) in [5.74, 6) is 0.0703. The summed E-state index contributed by atoms with van der Waals surface area (Å²) in [6, 6.07) is 6.72. The number of likely N-dealkylation sites (tertiary alicyclic amines) is 1. The van der Waals surface area contributed by atoms with Crippen LogP contribution in [0.15, 0.2) is 42.4 Å². The number of ketones is 1. The van der Waals surface area contributed by atoms with Crippen molar-refractivity contribution < 1.29 is 24.2 Å². The van der Waals surface area contributed by atoms with E-state index in [9.17, 15) is 14.7 Å². The van der Waals surface area contributed by atoms with Crippen LogP contribution in [0.25, 0.3) is 6.08 Å². The van der Waals surface area contributed by atoms with Gasteiger partial charge in [-0.05, 0) is 56.1 Å². The third-order valence-electron chi connectivity index (χ3n) is 5.41. The number of fused-ring (bicyclic) bond motifs is 1. The van der Waals surface area contributed by atoms with E-state index in [0.29, 0.717) is 36.6 Å². The lowest BCUT2D eigenvalue weighted by Gasteiger charge is -2.31. The highest BCUT2D eigenvalue weighted by Crippen LogP contribution is 2.40. The molecule has 2 aromatic rings. The number of piperidine rings is 1. The maximum atomic E-state index is 12.8. The molecule has 1 atom stereocenters. The number of rotatable bonds is 5. The molecule has 1 fully saturated rings. The quantitative estimate of drug-likeness (QED) is 0.600. The first-order chi connectivity index (χ1) is 14.6. The highest BCUT2D eigenvalue weighted by molar-refractivity contribution is 6.14. The molecule has 1 saturated heterocycles. The molecule has 0 bridgehead atoms. The molecule has 0 amide bonds. The number of hydrogen-bond acceptors (Lipinski definition) is 7. The summed E-state index contributed by atoms with van der Waals surface area (Å²) in [7, 11) is 0. The molecule has 1 unspecified atom stereocenters. The molecule has 1 aromatic heterocycles. The molecule has 7 heteroatoms. The standard InChI is InChI=1S/C23H24N2O5/c1-2-29-23(28)16-6-4-10-25(13-16)14-18-19(26)8-7-17-21(27)20(30-22(17)18)11-15-5-3-9-24-12-15/h3,5,7-9,11-12,16,26H,2,4,6,10,13-14H2,1H3/b20-11-. The van der Waals surface area contributed by atoms with Gasteiger partial charge in [0.1, 0.15) is 11.5 Å². The average Bonchev–Trinajstić information content (AvgIpc) is 3.07. The highest BCUT2D eigenvalue weighted by Gasteiger charge is 2.33. The molecule has 2 aliphatic heterocycles. The topological polar surface area (TPSA) is 89.0 Å². The fourth-order valence-electron chi connectivity index (χ4n) is 3.94. The molecule has 1 aromatic carbocycles. The number of hydrogen-bond donors (Lipinski definition) is 1. The van der Waals surface area contributed by atoms with Gasteiger partial charge in [-0.15, -0.1) is 0 Å². The van der Waals surface area contributed by atoms with E-state index in [4.69, 9.17) is 9.47 Å². The van der Waals surface area contributed by atoms with E-state index in [1.807, 2.05) is 6.07 Å². The van der Waals surface area contributed by atoms with Crippen LogP contribution in [0.3, 0.4) is 0 Å². The van der Waals surface area contributed by atoms with Gasteiger partial charge < -0.3 is 14.6 Å². The Hall–Kier alpha value is -3.19. The van der Waals surface area contributed by atoms with Gasteiger partial charge in [-0.1, -0.05) is 6.07 Å². The smallest absolute Gasteiger partial charge is 0.310 e. The summed E-state index contributed by atoms with van der Waals surface area (Å²) in [6.45, 7) is 3.90. The Morgan fingerprint density at radius 1 is 1.40 bits per heavy atom. The van der Waals surface area contributed by atoms with Gasteiger partial charge in [0, 0.05) is 25.5 Å². The first-order valence-corrected chi connectivity index (χ1v) is 10.1. The molecule has 0 radical (unpaired) electrons. The molecular weight excluding hydrogens is 384 g/mol. The lowest BCUT2D eigenvalue weighted by molar-refractivity contribution is -0.150. The second-order valence-corrected chi connectivity index (χ2v) is 7.49. The first-order valence-electron chi connectivity index (χ1n) is 10.1. The predicted molar refractivity (Wildman–Crippen MR) is 110 cm³/mol. The van der Waals surface area contributed by atoms with Gasteiger partial charge in [-0.3, -0.25) is 19.5 Å². The number of carbonyl (C=O) groups excluding carboxylic acids is 2. The van der Waals surface area contributed by atoms with Gasteiger partial charge in [-0.25, -0.2) is 0 Å². The second kappa shape index (κ2) is 8.67. The minimum Gasteiger partial charge on any atom is -0.507 e. The van der Waals surface area contributed by atoms with E-state index in [1.54, 1.807) is 37.5 Å². The number of allylic oxidation sites excluding steroid dienone is 1. The molecule has 156 valence electrons. The molecule has 0 saturated carbocycles. The Morgan fingerprint density at radius 2 is 2.27 bits per heavy atom. The van der Waals surface area contributed by atoms with Gasteiger partial charge in [0.2, 0.25) is 5.78 Å². The highest BCUT2D eigenvalue weighted by atomic mass is 16.5. The molecule has 4 rings (SSSR count). The van der Waals surface area contributed by atoms with E-state index in [-0.39, 0.29) is 29.2 Å². The minimum absolute atomic E-state index is 0.0717. The summed E-state index contributed by atoms with van der Waals surface area (Å²) in [6.07, 6.45) is 6.61. The van der Waals surface area contributed by atoms with Crippen molar-refractivity contribution in [2.24, 2.45) is 5.92 Å². The number of esters is 1. The number of aromatic hydroxyl groups is 1. The van der Waals surface area contributed by atoms with Crippen molar-refractivity contribution in [1.82, 2.24) is 9.88 Å². The molecule has 0 aliphatic carbocycles. The van der Waals surface area contributed by atoms with Crippen molar-refractivity contribution in [1.29, 1.82) is 0 Å². The predicted octanol–water partition coefficient (Wildman–Crippen LogP) is 3.18. The molecule has 7 nitrogen and oxygen atoms in total. The number of carbonyl (C=O) groups is 2. The van der Waals surface area contributed by atoms with Crippen molar-refractivity contribution in [2.75, 3.05) is 19.7 Å². The number of ether oxygens (including phenoxy) is 2. The maximum Gasteiger partial charge on any atom is 0.310 e. The Balaban J connectivity index is 1.56. The fourth-order valence-corrected chi connectivity index (χ4v) is 3.94. The normalized spacial score (nSPS) is 20.1. The fraction of sp³-hybridized carbons (Fsp3) is 0.348. The summed E-state index contributed by atoms with van der Waals surface area (Å²) in [5, 5.41) is 10.5. The van der Waals surface area contributed by atoms with E-state index in [1.165, 1.54) is 6.07 Å². The Labute approximate surface area is 174 Å². The number of nitrogens with zero attached hydrogens (tertiary/aromatic N) is 2. The van der Waals surface area contributed by atoms with Crippen LogP contribution < -0.4 is 4.74 Å². The number of benzene rings is 1.